The van der Waals surface area contributed by atoms with Gasteiger partial charge in [0.25, 0.3) is 0 Å². The number of fused-ring (bicyclic) bond motifs is 1. The molecule has 2 aliphatic rings. The Morgan fingerprint density at radius 1 is 0.625 bits per heavy atom. The lowest BCUT2D eigenvalue weighted by molar-refractivity contribution is 0.0524. The van der Waals surface area contributed by atoms with Crippen LogP contribution in [0.15, 0.2) is 0 Å². The Hall–Kier alpha value is 0. The Bertz CT molecular complexity index is 286. The molecule has 0 bridgehead atoms. The van der Waals surface area contributed by atoms with Crippen LogP contribution < -0.4 is 0 Å². The van der Waals surface area contributed by atoms with E-state index in [1.807, 2.05) is 0 Å². The molecule has 0 heterocycles. The lowest BCUT2D eigenvalue weighted by Gasteiger charge is -2.43. The highest BCUT2D eigenvalue weighted by Crippen LogP contribution is 2.69. The monoisotopic (exact) mass is 222 g/mol. The average Bonchev–Trinajstić information content (AvgIpc) is 2.47. The van der Waals surface area contributed by atoms with E-state index in [2.05, 4.69) is 55.4 Å². The van der Waals surface area contributed by atoms with Gasteiger partial charge in [0, 0.05) is 0 Å². The van der Waals surface area contributed by atoms with E-state index >= 15 is 0 Å². The third kappa shape index (κ3) is 1.17. The molecule has 0 saturated heterocycles. The molecule has 0 radical (unpaired) electrons. The molecule has 0 aromatic rings. The van der Waals surface area contributed by atoms with Crippen LogP contribution in [0, 0.1) is 46.3 Å². The maximum absolute atomic E-state index is 2.52. The van der Waals surface area contributed by atoms with Crippen LogP contribution in [0.5, 0.6) is 0 Å². The summed E-state index contributed by atoms with van der Waals surface area (Å²) in [5, 5.41) is 0. The van der Waals surface area contributed by atoms with Gasteiger partial charge in [-0.2, -0.15) is 0 Å². The third-order valence-corrected chi connectivity index (χ3v) is 7.46. The molecule has 2 aliphatic carbocycles. The van der Waals surface area contributed by atoms with Gasteiger partial charge < -0.3 is 0 Å². The highest BCUT2D eigenvalue weighted by Gasteiger charge is 2.64. The van der Waals surface area contributed by atoms with E-state index in [1.54, 1.807) is 0 Å². The predicted molar refractivity (Wildman–Crippen MR) is 71.2 cm³/mol. The van der Waals surface area contributed by atoms with Crippen molar-refractivity contribution in [1.29, 1.82) is 0 Å². The van der Waals surface area contributed by atoms with Crippen molar-refractivity contribution in [2.45, 2.75) is 55.4 Å². The molecule has 16 heavy (non-hydrogen) atoms. The molecule has 0 amide bonds. The first-order chi connectivity index (χ1) is 7.14. The summed E-state index contributed by atoms with van der Waals surface area (Å²) in [4.78, 5) is 0. The SMILES string of the molecule is CC1C(C)C2C(C)C(C)(C)C(C)(C)C2C1C. The first-order valence-corrected chi connectivity index (χ1v) is 7.14. The molecular weight excluding hydrogens is 192 g/mol. The van der Waals surface area contributed by atoms with E-state index in [4.69, 9.17) is 0 Å². The molecule has 6 atom stereocenters. The smallest absolute Gasteiger partial charge is 0.0266 e. The minimum Gasteiger partial charge on any atom is -0.0620 e. The van der Waals surface area contributed by atoms with Crippen LogP contribution in [0.4, 0.5) is 0 Å². The summed E-state index contributed by atoms with van der Waals surface area (Å²) in [6, 6.07) is 0. The highest BCUT2D eigenvalue weighted by molar-refractivity contribution is 5.12. The van der Waals surface area contributed by atoms with E-state index < -0.39 is 0 Å². The summed E-state index contributed by atoms with van der Waals surface area (Å²) in [7, 11) is 0. The normalized spacial score (nSPS) is 54.0. The van der Waals surface area contributed by atoms with Gasteiger partial charge in [-0.05, 0) is 46.3 Å². The van der Waals surface area contributed by atoms with Crippen LogP contribution in [-0.2, 0) is 0 Å². The second-order valence-corrected chi connectivity index (χ2v) is 7.91. The fourth-order valence-corrected chi connectivity index (χ4v) is 5.24. The van der Waals surface area contributed by atoms with Gasteiger partial charge >= 0.3 is 0 Å². The molecule has 0 heteroatoms. The van der Waals surface area contributed by atoms with Gasteiger partial charge in [-0.3, -0.25) is 0 Å². The van der Waals surface area contributed by atoms with Gasteiger partial charge in [0.15, 0.2) is 0 Å². The zero-order chi connectivity index (χ0) is 12.5. The summed E-state index contributed by atoms with van der Waals surface area (Å²) < 4.78 is 0. The van der Waals surface area contributed by atoms with E-state index in [-0.39, 0.29) is 0 Å². The molecule has 0 aliphatic heterocycles. The van der Waals surface area contributed by atoms with Crippen LogP contribution >= 0.6 is 0 Å². The van der Waals surface area contributed by atoms with Crippen LogP contribution in [0.25, 0.3) is 0 Å². The Balaban J connectivity index is 2.47. The summed E-state index contributed by atoms with van der Waals surface area (Å²) >= 11 is 0. The van der Waals surface area contributed by atoms with Gasteiger partial charge in [0.1, 0.15) is 0 Å². The first kappa shape index (κ1) is 12.5. The summed E-state index contributed by atoms with van der Waals surface area (Å²) in [5.41, 5.74) is 0.987. The molecule has 2 saturated carbocycles. The van der Waals surface area contributed by atoms with Crippen molar-refractivity contribution in [3.8, 4) is 0 Å². The molecule has 0 nitrogen and oxygen atoms in total. The zero-order valence-electron chi connectivity index (χ0n) is 12.5. The van der Waals surface area contributed by atoms with Gasteiger partial charge in [0.05, 0.1) is 0 Å². The molecule has 0 spiro atoms. The van der Waals surface area contributed by atoms with Gasteiger partial charge in [-0.25, -0.2) is 0 Å². The Labute approximate surface area is 102 Å². The number of hydrogen-bond acceptors (Lipinski definition) is 0. The molecular formula is C16H30. The molecule has 6 unspecified atom stereocenters. The lowest BCUT2D eigenvalue weighted by Crippen LogP contribution is -2.37. The van der Waals surface area contributed by atoms with Crippen LogP contribution in [0.1, 0.15) is 55.4 Å². The molecule has 0 aromatic heterocycles. The molecule has 0 N–H and O–H groups in total. The van der Waals surface area contributed by atoms with Gasteiger partial charge in [-0.1, -0.05) is 55.4 Å². The second kappa shape index (κ2) is 3.27. The van der Waals surface area contributed by atoms with Crippen molar-refractivity contribution in [2.24, 2.45) is 46.3 Å². The molecule has 0 aromatic carbocycles. The molecule has 2 fully saturated rings. The van der Waals surface area contributed by atoms with Crippen LogP contribution in [0.2, 0.25) is 0 Å². The summed E-state index contributed by atoms with van der Waals surface area (Å²) in [5.74, 6) is 5.48. The Morgan fingerprint density at radius 3 is 1.56 bits per heavy atom. The van der Waals surface area contributed by atoms with Gasteiger partial charge in [-0.15, -0.1) is 0 Å². The Kier molecular flexibility index (Phi) is 2.54. The maximum Gasteiger partial charge on any atom is -0.0266 e. The average molecular weight is 222 g/mol. The first-order valence-electron chi connectivity index (χ1n) is 7.14. The number of rotatable bonds is 0. The Morgan fingerprint density at radius 2 is 1.12 bits per heavy atom. The van der Waals surface area contributed by atoms with Crippen molar-refractivity contribution in [2.75, 3.05) is 0 Å². The van der Waals surface area contributed by atoms with Gasteiger partial charge in [0.2, 0.25) is 0 Å². The lowest BCUT2D eigenvalue weighted by atomic mass is 9.62. The van der Waals surface area contributed by atoms with E-state index in [1.165, 1.54) is 0 Å². The quantitative estimate of drug-likeness (QED) is 0.550. The second-order valence-electron chi connectivity index (χ2n) is 7.91. The standard InChI is InChI=1S/C16H30/c1-9-10(2)13-12(4)15(5,6)16(7,8)14(13)11(9)3/h9-14H,1-8H3. The minimum absolute atomic E-state index is 0.491. The van der Waals surface area contributed by atoms with Crippen molar-refractivity contribution in [3.05, 3.63) is 0 Å². The maximum atomic E-state index is 2.52. The fraction of sp³-hybridized carbons (Fsp3) is 1.00. The molecule has 94 valence electrons. The highest BCUT2D eigenvalue weighted by atomic mass is 14.7. The van der Waals surface area contributed by atoms with E-state index in [0.717, 1.165) is 35.5 Å². The number of hydrogen-bond donors (Lipinski definition) is 0. The summed E-state index contributed by atoms with van der Waals surface area (Å²) in [6.45, 7) is 20.0. The largest absolute Gasteiger partial charge is 0.0620 e. The van der Waals surface area contributed by atoms with Crippen LogP contribution in [-0.4, -0.2) is 0 Å². The van der Waals surface area contributed by atoms with E-state index in [9.17, 15) is 0 Å². The fourth-order valence-electron chi connectivity index (χ4n) is 5.24. The predicted octanol–water partition coefficient (Wildman–Crippen LogP) is 4.84. The zero-order valence-corrected chi connectivity index (χ0v) is 12.5. The molecule has 2 rings (SSSR count). The van der Waals surface area contributed by atoms with Crippen molar-refractivity contribution >= 4 is 0 Å². The van der Waals surface area contributed by atoms with Crippen molar-refractivity contribution in [3.63, 3.8) is 0 Å². The minimum atomic E-state index is 0.491. The summed E-state index contributed by atoms with van der Waals surface area (Å²) in [6.07, 6.45) is 0. The topological polar surface area (TPSA) is 0 Å². The van der Waals surface area contributed by atoms with E-state index in [0.29, 0.717) is 10.8 Å². The van der Waals surface area contributed by atoms with Crippen LogP contribution in [0.3, 0.4) is 0 Å². The van der Waals surface area contributed by atoms with Crippen molar-refractivity contribution in [1.82, 2.24) is 0 Å². The third-order valence-electron chi connectivity index (χ3n) is 7.46. The van der Waals surface area contributed by atoms with Crippen molar-refractivity contribution < 1.29 is 0 Å².